The van der Waals surface area contributed by atoms with Crippen LogP contribution in [0.2, 0.25) is 0 Å². The minimum atomic E-state index is -1.05. The number of hydrogen-bond donors (Lipinski definition) is 0. The van der Waals surface area contributed by atoms with E-state index in [0.29, 0.717) is 54.1 Å². The third kappa shape index (κ3) is 5.04. The maximum Gasteiger partial charge on any atom is 0.256 e. The number of aliphatic imine (C=N–C) groups is 1. The van der Waals surface area contributed by atoms with Crippen molar-refractivity contribution in [1.29, 1.82) is 5.26 Å². The van der Waals surface area contributed by atoms with Gasteiger partial charge in [-0.05, 0) is 109 Å². The number of carbonyl (C=O) groups is 2. The molecule has 4 bridgehead atoms. The van der Waals surface area contributed by atoms with E-state index in [1.165, 1.54) is 32.1 Å². The third-order valence-electron chi connectivity index (χ3n) is 10.3. The number of aromatic nitrogens is 2. The highest BCUT2D eigenvalue weighted by molar-refractivity contribution is 6.17. The summed E-state index contributed by atoms with van der Waals surface area (Å²) in [6.45, 7) is 0.640. The van der Waals surface area contributed by atoms with Gasteiger partial charge in [-0.1, -0.05) is 12.1 Å². The molecule has 4 saturated carbocycles. The Kier molecular flexibility index (Phi) is 6.93. The summed E-state index contributed by atoms with van der Waals surface area (Å²) in [6, 6.07) is 16.6. The summed E-state index contributed by atoms with van der Waals surface area (Å²) in [5.74, 6) is 3.93. The third-order valence-corrected chi connectivity index (χ3v) is 10.3. The van der Waals surface area contributed by atoms with Crippen LogP contribution in [-0.4, -0.2) is 44.5 Å². The molecule has 42 heavy (non-hydrogen) atoms. The number of ketones is 1. The number of amides is 1. The highest BCUT2D eigenvalue weighted by Gasteiger charge is 2.53. The molecule has 1 aliphatic heterocycles. The first-order chi connectivity index (χ1) is 20.5. The molecule has 3 heterocycles. The molecule has 7 heteroatoms. The second kappa shape index (κ2) is 10.9. The average Bonchev–Trinajstić information content (AvgIpc) is 3.24. The number of benzene rings is 1. The largest absolute Gasteiger partial charge is 0.298 e. The number of nitrogens with zero attached hydrogens (tertiary/aromatic N) is 5. The summed E-state index contributed by atoms with van der Waals surface area (Å²) < 4.78 is 0. The first-order valence-corrected chi connectivity index (χ1v) is 15.2. The van der Waals surface area contributed by atoms with Gasteiger partial charge in [0, 0.05) is 49.7 Å². The lowest BCUT2D eigenvalue weighted by atomic mass is 9.52. The van der Waals surface area contributed by atoms with Gasteiger partial charge in [-0.15, -0.1) is 0 Å². The molecular weight excluding hydrogens is 522 g/mol. The number of nitriles is 1. The molecule has 0 unspecified atom stereocenters. The van der Waals surface area contributed by atoms with Crippen LogP contribution in [0.1, 0.15) is 65.6 Å². The SMILES string of the molecule is N#Cc1ccc(C(=O)CC2=NC(Cc3ccncc3)(Cc3ccncc3)C(=O)N2CC2C3CC4CC(C3)CC2C4)cc1. The van der Waals surface area contributed by atoms with E-state index in [1.54, 1.807) is 49.1 Å². The van der Waals surface area contributed by atoms with Gasteiger partial charge in [-0.25, -0.2) is 0 Å². The van der Waals surface area contributed by atoms with E-state index in [2.05, 4.69) is 16.0 Å². The van der Waals surface area contributed by atoms with Crippen LogP contribution in [-0.2, 0) is 17.6 Å². The molecule has 1 amide bonds. The van der Waals surface area contributed by atoms with E-state index in [9.17, 15) is 14.9 Å². The Labute approximate surface area is 246 Å². The molecule has 0 atom stereocenters. The fourth-order valence-electron chi connectivity index (χ4n) is 8.54. The lowest BCUT2D eigenvalue weighted by molar-refractivity contribution is -0.133. The molecule has 0 spiro atoms. The van der Waals surface area contributed by atoms with E-state index >= 15 is 0 Å². The van der Waals surface area contributed by atoms with E-state index in [1.807, 2.05) is 29.2 Å². The van der Waals surface area contributed by atoms with Crippen molar-refractivity contribution in [2.24, 2.45) is 34.6 Å². The van der Waals surface area contributed by atoms with Gasteiger partial charge >= 0.3 is 0 Å². The first-order valence-electron chi connectivity index (χ1n) is 15.2. The van der Waals surface area contributed by atoms with Crippen molar-refractivity contribution in [1.82, 2.24) is 14.9 Å². The Balaban J connectivity index is 1.25. The smallest absolute Gasteiger partial charge is 0.256 e. The van der Waals surface area contributed by atoms with Crippen molar-refractivity contribution in [3.05, 3.63) is 95.6 Å². The van der Waals surface area contributed by atoms with Crippen molar-refractivity contribution < 1.29 is 9.59 Å². The van der Waals surface area contributed by atoms with Gasteiger partial charge in [-0.2, -0.15) is 5.26 Å². The van der Waals surface area contributed by atoms with Gasteiger partial charge in [0.15, 0.2) is 5.78 Å². The molecule has 212 valence electrons. The normalized spacial score (nSPS) is 27.1. The molecule has 0 N–H and O–H groups in total. The maximum atomic E-state index is 14.7. The van der Waals surface area contributed by atoms with Crippen LogP contribution in [0.4, 0.5) is 0 Å². The number of hydrogen-bond acceptors (Lipinski definition) is 6. The summed E-state index contributed by atoms with van der Waals surface area (Å²) in [7, 11) is 0. The van der Waals surface area contributed by atoms with Gasteiger partial charge in [0.1, 0.15) is 11.4 Å². The fourth-order valence-corrected chi connectivity index (χ4v) is 8.54. The van der Waals surface area contributed by atoms with Gasteiger partial charge < -0.3 is 0 Å². The number of Topliss-reactive ketones (excluding diaryl/α,β-unsaturated/α-hetero) is 1. The monoisotopic (exact) mass is 557 g/mol. The summed E-state index contributed by atoms with van der Waals surface area (Å²) in [4.78, 5) is 43.8. The van der Waals surface area contributed by atoms with E-state index in [-0.39, 0.29) is 18.1 Å². The van der Waals surface area contributed by atoms with Crippen LogP contribution >= 0.6 is 0 Å². The summed E-state index contributed by atoms with van der Waals surface area (Å²) >= 11 is 0. The second-order valence-electron chi connectivity index (χ2n) is 12.9. The second-order valence-corrected chi connectivity index (χ2v) is 12.9. The van der Waals surface area contributed by atoms with Crippen LogP contribution in [0.25, 0.3) is 0 Å². The zero-order valence-electron chi connectivity index (χ0n) is 23.7. The molecule has 3 aromatic rings. The zero-order valence-corrected chi connectivity index (χ0v) is 23.7. The quantitative estimate of drug-likeness (QED) is 0.326. The van der Waals surface area contributed by atoms with Gasteiger partial charge in [0.05, 0.1) is 18.1 Å². The predicted octanol–water partition coefficient (Wildman–Crippen LogP) is 5.46. The van der Waals surface area contributed by atoms with Gasteiger partial charge in [0.25, 0.3) is 5.91 Å². The minimum Gasteiger partial charge on any atom is -0.298 e. The molecule has 4 fully saturated rings. The van der Waals surface area contributed by atoms with Crippen molar-refractivity contribution in [3.63, 3.8) is 0 Å². The average molecular weight is 558 g/mol. The van der Waals surface area contributed by atoms with Crippen LogP contribution < -0.4 is 0 Å². The molecule has 5 aliphatic rings. The topological polar surface area (TPSA) is 99.3 Å². The van der Waals surface area contributed by atoms with E-state index < -0.39 is 5.54 Å². The van der Waals surface area contributed by atoms with Crippen molar-refractivity contribution in [2.75, 3.05) is 6.54 Å². The van der Waals surface area contributed by atoms with E-state index in [4.69, 9.17) is 4.99 Å². The summed E-state index contributed by atoms with van der Waals surface area (Å²) in [5.41, 5.74) is 1.97. The van der Waals surface area contributed by atoms with Crippen LogP contribution in [0.5, 0.6) is 0 Å². The maximum absolute atomic E-state index is 14.7. The molecular formula is C35H35N5O2. The standard InChI is InChI=1S/C35H35N5O2/c36-21-25-1-3-28(4-2-25)32(41)18-33-39-35(19-23-5-9-37-10-6-23,20-24-7-11-38-12-8-24)34(42)40(33)22-31-29-14-26-13-27(16-29)17-30(31)15-26/h1-12,26-27,29-31H,13-20,22H2. The van der Waals surface area contributed by atoms with Crippen LogP contribution in [0.3, 0.4) is 0 Å². The lowest BCUT2D eigenvalue weighted by Crippen LogP contribution is -2.52. The molecule has 1 aromatic carbocycles. The van der Waals surface area contributed by atoms with E-state index in [0.717, 1.165) is 23.0 Å². The Hall–Kier alpha value is -4.18. The Morgan fingerprint density at radius 1 is 0.833 bits per heavy atom. The summed E-state index contributed by atoms with van der Waals surface area (Å²) in [5, 5.41) is 9.20. The molecule has 8 rings (SSSR count). The van der Waals surface area contributed by atoms with Crippen LogP contribution in [0.15, 0.2) is 78.3 Å². The predicted molar refractivity (Wildman–Crippen MR) is 158 cm³/mol. The zero-order chi connectivity index (χ0) is 28.7. The highest BCUT2D eigenvalue weighted by Crippen LogP contribution is 2.57. The van der Waals surface area contributed by atoms with Crippen molar-refractivity contribution in [3.8, 4) is 6.07 Å². The Morgan fingerprint density at radius 3 is 1.90 bits per heavy atom. The molecule has 7 nitrogen and oxygen atoms in total. The Morgan fingerprint density at radius 2 is 1.38 bits per heavy atom. The molecule has 0 saturated heterocycles. The molecule has 2 aromatic heterocycles. The number of rotatable bonds is 9. The number of carbonyl (C=O) groups excluding carboxylic acids is 2. The number of pyridine rings is 2. The summed E-state index contributed by atoms with van der Waals surface area (Å²) in [6.07, 6.45) is 14.4. The Bertz CT molecular complexity index is 1470. The number of amidine groups is 1. The lowest BCUT2D eigenvalue weighted by Gasteiger charge is -2.55. The molecule has 4 aliphatic carbocycles. The van der Waals surface area contributed by atoms with Crippen molar-refractivity contribution >= 4 is 17.5 Å². The highest BCUT2D eigenvalue weighted by atomic mass is 16.2. The van der Waals surface area contributed by atoms with Crippen molar-refractivity contribution in [2.45, 2.75) is 56.9 Å². The molecule has 0 radical (unpaired) electrons. The van der Waals surface area contributed by atoms with Crippen LogP contribution in [0, 0.1) is 40.9 Å². The first kappa shape index (κ1) is 26.7. The van der Waals surface area contributed by atoms with Gasteiger partial charge in [-0.3, -0.25) is 29.4 Å². The van der Waals surface area contributed by atoms with Gasteiger partial charge in [0.2, 0.25) is 0 Å². The minimum absolute atomic E-state index is 0.00689. The fraction of sp³-hybridized carbons (Fsp3) is 0.429.